The number of nitro benzene ring substituents is 1. The first-order valence-electron chi connectivity index (χ1n) is 9.31. The molecule has 0 bridgehead atoms. The number of hydrogen-bond donors (Lipinski definition) is 0. The van der Waals surface area contributed by atoms with Gasteiger partial charge < -0.3 is 4.74 Å². The van der Waals surface area contributed by atoms with E-state index in [0.717, 1.165) is 11.8 Å². The van der Waals surface area contributed by atoms with Crippen LogP contribution in [0.2, 0.25) is 0 Å². The molecule has 6 nitrogen and oxygen atoms in total. The molecule has 0 unspecified atom stereocenters. The number of nitrogens with zero attached hydrogens (tertiary/aromatic N) is 1. The molecule has 1 atom stereocenters. The summed E-state index contributed by atoms with van der Waals surface area (Å²) in [6.45, 7) is 1.77. The number of nitro groups is 1. The van der Waals surface area contributed by atoms with Crippen molar-refractivity contribution in [1.82, 2.24) is 0 Å². The van der Waals surface area contributed by atoms with Gasteiger partial charge in [0.15, 0.2) is 6.10 Å². The molecule has 7 heteroatoms. The van der Waals surface area contributed by atoms with Crippen molar-refractivity contribution in [3.8, 4) is 0 Å². The van der Waals surface area contributed by atoms with Gasteiger partial charge in [0.2, 0.25) is 5.78 Å². The molecule has 0 saturated carbocycles. The maximum absolute atomic E-state index is 12.9. The van der Waals surface area contributed by atoms with Gasteiger partial charge in [-0.3, -0.25) is 14.9 Å². The van der Waals surface area contributed by atoms with Gasteiger partial charge in [-0.05, 0) is 24.6 Å². The number of benzene rings is 3. The molecular formula is C23H19NO5S. The Labute approximate surface area is 178 Å². The van der Waals surface area contributed by atoms with Crippen LogP contribution in [0.25, 0.3) is 0 Å². The molecule has 0 spiro atoms. The van der Waals surface area contributed by atoms with Crippen LogP contribution < -0.4 is 0 Å². The van der Waals surface area contributed by atoms with Crippen LogP contribution in [0.3, 0.4) is 0 Å². The van der Waals surface area contributed by atoms with Crippen molar-refractivity contribution in [1.29, 1.82) is 0 Å². The number of carbonyl (C=O) groups is 2. The van der Waals surface area contributed by atoms with Crippen LogP contribution in [0.5, 0.6) is 0 Å². The summed E-state index contributed by atoms with van der Waals surface area (Å²) in [6, 6.07) is 21.7. The van der Waals surface area contributed by atoms with Gasteiger partial charge >= 0.3 is 5.97 Å². The van der Waals surface area contributed by atoms with E-state index in [-0.39, 0.29) is 17.0 Å². The monoisotopic (exact) mass is 421 g/mol. The van der Waals surface area contributed by atoms with Crippen LogP contribution >= 0.6 is 11.8 Å². The van der Waals surface area contributed by atoms with Gasteiger partial charge in [-0.25, -0.2) is 4.79 Å². The van der Waals surface area contributed by atoms with Crippen LogP contribution in [0.4, 0.5) is 5.69 Å². The van der Waals surface area contributed by atoms with Gasteiger partial charge in [0.25, 0.3) is 5.69 Å². The summed E-state index contributed by atoms with van der Waals surface area (Å²) < 4.78 is 5.52. The SMILES string of the molecule is CC[C@@H](OC(=O)c1ccccc1Sc1ccccc1[N+](=O)[O-])C(=O)c1ccccc1. The van der Waals surface area contributed by atoms with Crippen molar-refractivity contribution >= 4 is 29.2 Å². The molecule has 0 aliphatic rings. The maximum Gasteiger partial charge on any atom is 0.340 e. The van der Waals surface area contributed by atoms with E-state index >= 15 is 0 Å². The van der Waals surface area contributed by atoms with E-state index in [1.54, 1.807) is 79.7 Å². The molecule has 0 aliphatic heterocycles. The first kappa shape index (κ1) is 21.3. The predicted octanol–water partition coefficient (Wildman–Crippen LogP) is 5.56. The lowest BCUT2D eigenvalue weighted by atomic mass is 10.0. The molecule has 0 heterocycles. The minimum Gasteiger partial charge on any atom is -0.450 e. The smallest absolute Gasteiger partial charge is 0.340 e. The Morgan fingerprint density at radius 2 is 1.53 bits per heavy atom. The second-order valence-corrected chi connectivity index (χ2v) is 7.44. The van der Waals surface area contributed by atoms with Crippen molar-refractivity contribution in [3.63, 3.8) is 0 Å². The molecule has 3 rings (SSSR count). The van der Waals surface area contributed by atoms with E-state index in [2.05, 4.69) is 0 Å². The zero-order valence-electron chi connectivity index (χ0n) is 16.2. The number of carbonyl (C=O) groups excluding carboxylic acids is 2. The molecule has 152 valence electrons. The third kappa shape index (κ3) is 4.93. The summed E-state index contributed by atoms with van der Waals surface area (Å²) in [5, 5.41) is 11.3. The molecule has 0 aliphatic carbocycles. The van der Waals surface area contributed by atoms with Crippen molar-refractivity contribution in [2.45, 2.75) is 29.2 Å². The molecule has 0 aromatic heterocycles. The van der Waals surface area contributed by atoms with Gasteiger partial charge in [0, 0.05) is 16.5 Å². The van der Waals surface area contributed by atoms with Crippen molar-refractivity contribution in [2.24, 2.45) is 0 Å². The number of hydrogen-bond acceptors (Lipinski definition) is 6. The van der Waals surface area contributed by atoms with Gasteiger partial charge in [-0.2, -0.15) is 0 Å². The topological polar surface area (TPSA) is 86.5 Å². The van der Waals surface area contributed by atoms with Gasteiger partial charge in [0.1, 0.15) is 0 Å². The normalized spacial score (nSPS) is 11.5. The van der Waals surface area contributed by atoms with Crippen LogP contribution in [0.15, 0.2) is 88.7 Å². The van der Waals surface area contributed by atoms with E-state index < -0.39 is 17.0 Å². The number of Topliss-reactive ketones (excluding diaryl/α,β-unsaturated/α-hetero) is 1. The van der Waals surface area contributed by atoms with Crippen LogP contribution in [0.1, 0.15) is 34.1 Å². The maximum atomic E-state index is 12.9. The lowest BCUT2D eigenvalue weighted by molar-refractivity contribution is -0.387. The van der Waals surface area contributed by atoms with Gasteiger partial charge in [-0.1, -0.05) is 73.3 Å². The van der Waals surface area contributed by atoms with Crippen molar-refractivity contribution in [3.05, 3.63) is 100 Å². The average molecular weight is 421 g/mol. The molecule has 0 saturated heterocycles. The van der Waals surface area contributed by atoms with Gasteiger partial charge in [-0.15, -0.1) is 0 Å². The first-order valence-corrected chi connectivity index (χ1v) is 10.1. The second-order valence-electron chi connectivity index (χ2n) is 6.36. The highest BCUT2D eigenvalue weighted by atomic mass is 32.2. The molecule has 3 aromatic rings. The minimum atomic E-state index is -0.913. The fourth-order valence-corrected chi connectivity index (χ4v) is 3.88. The van der Waals surface area contributed by atoms with E-state index in [1.807, 2.05) is 0 Å². The number of esters is 1. The Bertz CT molecular complexity index is 1070. The number of rotatable bonds is 8. The lowest BCUT2D eigenvalue weighted by Gasteiger charge is -2.16. The molecular weight excluding hydrogens is 402 g/mol. The summed E-state index contributed by atoms with van der Waals surface area (Å²) >= 11 is 1.11. The Morgan fingerprint density at radius 3 is 2.20 bits per heavy atom. The van der Waals surface area contributed by atoms with Crippen LogP contribution in [-0.4, -0.2) is 22.8 Å². The number of ether oxygens (including phenoxy) is 1. The van der Waals surface area contributed by atoms with Crippen molar-refractivity contribution in [2.75, 3.05) is 0 Å². The minimum absolute atomic E-state index is 0.0450. The summed E-state index contributed by atoms with van der Waals surface area (Å²) in [7, 11) is 0. The standard InChI is InChI=1S/C23H19NO5S/c1-2-19(22(25)16-10-4-3-5-11-16)29-23(26)17-12-6-8-14-20(17)30-21-15-9-7-13-18(21)24(27)28/h3-15,19H,2H2,1H3/t19-/m1/s1. The summed E-state index contributed by atoms with van der Waals surface area (Å²) in [5.41, 5.74) is 0.677. The molecule has 0 radical (unpaired) electrons. The molecule has 3 aromatic carbocycles. The highest BCUT2D eigenvalue weighted by Gasteiger charge is 2.25. The van der Waals surface area contributed by atoms with E-state index in [1.165, 1.54) is 6.07 Å². The number of ketones is 1. The first-order chi connectivity index (χ1) is 14.5. The fourth-order valence-electron chi connectivity index (χ4n) is 2.84. The summed E-state index contributed by atoms with van der Waals surface area (Å²) in [5.74, 6) is -0.914. The predicted molar refractivity (Wildman–Crippen MR) is 114 cm³/mol. The molecule has 30 heavy (non-hydrogen) atoms. The van der Waals surface area contributed by atoms with E-state index in [4.69, 9.17) is 4.74 Å². The third-order valence-corrected chi connectivity index (χ3v) is 5.50. The Balaban J connectivity index is 1.84. The Kier molecular flexibility index (Phi) is 6.98. The summed E-state index contributed by atoms with van der Waals surface area (Å²) in [4.78, 5) is 37.3. The second kappa shape index (κ2) is 9.84. The molecule has 0 N–H and O–H groups in total. The number of para-hydroxylation sites is 1. The molecule has 0 fully saturated rings. The zero-order valence-corrected chi connectivity index (χ0v) is 17.0. The van der Waals surface area contributed by atoms with E-state index in [9.17, 15) is 19.7 Å². The Morgan fingerprint density at radius 1 is 0.933 bits per heavy atom. The van der Waals surface area contributed by atoms with E-state index in [0.29, 0.717) is 21.8 Å². The van der Waals surface area contributed by atoms with Crippen LogP contribution in [0, 0.1) is 10.1 Å². The lowest BCUT2D eigenvalue weighted by Crippen LogP contribution is -2.27. The Hall–Kier alpha value is -3.45. The summed E-state index contributed by atoms with van der Waals surface area (Å²) in [6.07, 6.45) is -0.581. The quantitative estimate of drug-likeness (QED) is 0.205. The van der Waals surface area contributed by atoms with Gasteiger partial charge in [0.05, 0.1) is 15.4 Å². The average Bonchev–Trinajstić information content (AvgIpc) is 2.78. The third-order valence-electron chi connectivity index (χ3n) is 4.36. The fraction of sp³-hybridized carbons (Fsp3) is 0.130. The highest BCUT2D eigenvalue weighted by molar-refractivity contribution is 7.99. The van der Waals surface area contributed by atoms with Crippen molar-refractivity contribution < 1.29 is 19.2 Å². The highest BCUT2D eigenvalue weighted by Crippen LogP contribution is 2.36. The largest absolute Gasteiger partial charge is 0.450 e. The molecule has 0 amide bonds. The van der Waals surface area contributed by atoms with Crippen LogP contribution in [-0.2, 0) is 4.74 Å². The zero-order chi connectivity index (χ0) is 21.5.